The Morgan fingerprint density at radius 1 is 1.90 bits per heavy atom. The predicted octanol–water partition coefficient (Wildman–Crippen LogP) is 0.123. The van der Waals surface area contributed by atoms with E-state index in [0.717, 1.165) is 5.01 Å². The van der Waals surface area contributed by atoms with Crippen molar-refractivity contribution in [1.82, 2.24) is 4.98 Å². The van der Waals surface area contributed by atoms with Gasteiger partial charge >= 0.3 is 0 Å². The van der Waals surface area contributed by atoms with Crippen LogP contribution in [0.15, 0.2) is 11.6 Å². The number of nitrogens with zero attached hydrogens (tertiary/aromatic N) is 1. The van der Waals surface area contributed by atoms with E-state index >= 15 is 0 Å². The summed E-state index contributed by atoms with van der Waals surface area (Å²) in [6.07, 6.45) is 3.89. The van der Waals surface area contributed by atoms with Crippen molar-refractivity contribution in [1.29, 1.82) is 0 Å². The highest BCUT2D eigenvalue weighted by atomic mass is 32.1. The highest BCUT2D eigenvalue weighted by molar-refractivity contribution is 7.09. The maximum absolute atomic E-state index is 9.96. The average molecular weight is 155 g/mol. The Bertz CT molecular complexity index is 198. The minimum atomic E-state index is -0.522. The summed E-state index contributed by atoms with van der Waals surface area (Å²) in [6.45, 7) is 0. The molecule has 1 aromatic heterocycles. The molecular weight excluding hydrogens is 148 g/mol. The third-order valence-corrected chi connectivity index (χ3v) is 1.83. The first kappa shape index (κ1) is 7.37. The first-order valence-electron chi connectivity index (χ1n) is 2.84. The fourth-order valence-corrected chi connectivity index (χ4v) is 1.26. The first-order valence-corrected chi connectivity index (χ1v) is 3.72. The van der Waals surface area contributed by atoms with Crippen molar-refractivity contribution in [2.45, 2.75) is 12.5 Å². The summed E-state index contributed by atoms with van der Waals surface area (Å²) in [4.78, 5) is 13.9. The summed E-state index contributed by atoms with van der Waals surface area (Å²) in [5.41, 5.74) is 5.31. The van der Waals surface area contributed by atoms with E-state index in [1.54, 1.807) is 12.5 Å². The summed E-state index contributed by atoms with van der Waals surface area (Å²) in [5, 5.41) is 2.74. The molecule has 0 aliphatic rings. The zero-order chi connectivity index (χ0) is 7.40. The van der Waals surface area contributed by atoms with Crippen molar-refractivity contribution in [3.05, 3.63) is 16.6 Å². The predicted molar refractivity (Wildman–Crippen MR) is 39.5 cm³/mol. The molecule has 10 heavy (non-hydrogen) atoms. The van der Waals surface area contributed by atoms with E-state index in [-0.39, 0.29) is 0 Å². The fraction of sp³-hybridized carbons (Fsp3) is 0.333. The SMILES string of the molecule is NC([C]=O)Cc1nccs1. The highest BCUT2D eigenvalue weighted by Crippen LogP contribution is 2.04. The van der Waals surface area contributed by atoms with E-state index in [1.807, 2.05) is 5.38 Å². The Morgan fingerprint density at radius 2 is 2.70 bits per heavy atom. The molecule has 0 fully saturated rings. The van der Waals surface area contributed by atoms with Crippen LogP contribution in [0.3, 0.4) is 0 Å². The van der Waals surface area contributed by atoms with Crippen molar-refractivity contribution in [3.8, 4) is 0 Å². The van der Waals surface area contributed by atoms with Crippen LogP contribution in [-0.4, -0.2) is 17.3 Å². The second kappa shape index (κ2) is 3.43. The molecule has 1 heterocycles. The Kier molecular flexibility index (Phi) is 2.53. The largest absolute Gasteiger partial charge is 0.321 e. The smallest absolute Gasteiger partial charge is 0.217 e. The third kappa shape index (κ3) is 1.89. The Balaban J connectivity index is 2.47. The zero-order valence-corrected chi connectivity index (χ0v) is 6.10. The standard InChI is InChI=1S/C6H7N2OS/c7-5(4-9)3-6-8-1-2-10-6/h1-2,5H,3,7H2. The van der Waals surface area contributed by atoms with Crippen molar-refractivity contribution < 1.29 is 4.79 Å². The summed E-state index contributed by atoms with van der Waals surface area (Å²) in [6, 6.07) is -0.522. The van der Waals surface area contributed by atoms with Crippen LogP contribution in [0.25, 0.3) is 0 Å². The molecule has 0 aliphatic heterocycles. The second-order valence-electron chi connectivity index (χ2n) is 1.85. The Hall–Kier alpha value is -0.740. The van der Waals surface area contributed by atoms with Crippen molar-refractivity contribution in [2.24, 2.45) is 5.73 Å². The molecule has 0 saturated heterocycles. The molecule has 4 heteroatoms. The summed E-state index contributed by atoms with van der Waals surface area (Å²) in [5.74, 6) is 0. The normalized spacial score (nSPS) is 12.9. The topological polar surface area (TPSA) is 56.0 Å². The van der Waals surface area contributed by atoms with Crippen LogP contribution in [0.4, 0.5) is 0 Å². The number of carbonyl (C=O) groups excluding carboxylic acids is 1. The van der Waals surface area contributed by atoms with E-state index in [0.29, 0.717) is 6.42 Å². The van der Waals surface area contributed by atoms with Gasteiger partial charge in [0.15, 0.2) is 0 Å². The van der Waals surface area contributed by atoms with Gasteiger partial charge in [0.2, 0.25) is 6.29 Å². The molecule has 0 aromatic carbocycles. The fourth-order valence-electron chi connectivity index (χ4n) is 0.584. The Morgan fingerprint density at radius 3 is 3.20 bits per heavy atom. The number of aromatic nitrogens is 1. The lowest BCUT2D eigenvalue weighted by atomic mass is 10.2. The maximum Gasteiger partial charge on any atom is 0.217 e. The number of hydrogen-bond donors (Lipinski definition) is 1. The van der Waals surface area contributed by atoms with Gasteiger partial charge in [-0.15, -0.1) is 11.3 Å². The molecule has 3 nitrogen and oxygen atoms in total. The molecule has 1 unspecified atom stereocenters. The highest BCUT2D eigenvalue weighted by Gasteiger charge is 2.03. The van der Waals surface area contributed by atoms with Gasteiger partial charge in [-0.25, -0.2) is 4.98 Å². The van der Waals surface area contributed by atoms with Crippen LogP contribution in [0.2, 0.25) is 0 Å². The lowest BCUT2D eigenvalue weighted by molar-refractivity contribution is 0.540. The van der Waals surface area contributed by atoms with Crippen LogP contribution in [0.1, 0.15) is 5.01 Å². The van der Waals surface area contributed by atoms with Crippen LogP contribution >= 0.6 is 11.3 Å². The number of hydrogen-bond acceptors (Lipinski definition) is 4. The zero-order valence-electron chi connectivity index (χ0n) is 5.28. The van der Waals surface area contributed by atoms with Gasteiger partial charge in [0.05, 0.1) is 11.0 Å². The summed E-state index contributed by atoms with van der Waals surface area (Å²) < 4.78 is 0. The van der Waals surface area contributed by atoms with Gasteiger partial charge in [-0.1, -0.05) is 0 Å². The van der Waals surface area contributed by atoms with E-state index in [9.17, 15) is 4.79 Å². The lowest BCUT2D eigenvalue weighted by Crippen LogP contribution is -2.23. The van der Waals surface area contributed by atoms with E-state index < -0.39 is 6.04 Å². The third-order valence-electron chi connectivity index (χ3n) is 1.03. The van der Waals surface area contributed by atoms with Crippen molar-refractivity contribution in [2.75, 3.05) is 0 Å². The van der Waals surface area contributed by atoms with Crippen LogP contribution in [0.5, 0.6) is 0 Å². The second-order valence-corrected chi connectivity index (χ2v) is 2.83. The molecule has 0 spiro atoms. The van der Waals surface area contributed by atoms with Gasteiger partial charge < -0.3 is 5.73 Å². The minimum Gasteiger partial charge on any atom is -0.321 e. The lowest BCUT2D eigenvalue weighted by Gasteiger charge is -1.95. The van der Waals surface area contributed by atoms with Crippen molar-refractivity contribution >= 4 is 17.6 Å². The molecule has 0 bridgehead atoms. The molecule has 1 rings (SSSR count). The molecule has 0 aliphatic carbocycles. The van der Waals surface area contributed by atoms with Gasteiger partial charge in [0, 0.05) is 18.0 Å². The van der Waals surface area contributed by atoms with Crippen LogP contribution in [-0.2, 0) is 11.2 Å². The van der Waals surface area contributed by atoms with Crippen molar-refractivity contribution in [3.63, 3.8) is 0 Å². The molecule has 53 valence electrons. The molecule has 2 N–H and O–H groups in total. The summed E-state index contributed by atoms with van der Waals surface area (Å²) in [7, 11) is 0. The number of thiazole rings is 1. The molecule has 0 amide bonds. The molecule has 0 saturated carbocycles. The monoisotopic (exact) mass is 155 g/mol. The van der Waals surface area contributed by atoms with E-state index in [1.165, 1.54) is 11.3 Å². The van der Waals surface area contributed by atoms with Gasteiger partial charge in [-0.05, 0) is 0 Å². The van der Waals surface area contributed by atoms with E-state index in [2.05, 4.69) is 4.98 Å². The average Bonchev–Trinajstić information content (AvgIpc) is 2.40. The molecule has 1 atom stereocenters. The Labute approximate surface area is 62.9 Å². The molecular formula is C6H7N2OS. The van der Waals surface area contributed by atoms with Gasteiger partial charge in [0.25, 0.3) is 0 Å². The van der Waals surface area contributed by atoms with Gasteiger partial charge in [-0.2, -0.15) is 0 Å². The van der Waals surface area contributed by atoms with Gasteiger partial charge in [-0.3, -0.25) is 4.79 Å². The van der Waals surface area contributed by atoms with Crippen LogP contribution in [0, 0.1) is 0 Å². The number of nitrogens with two attached hydrogens (primary N) is 1. The quantitative estimate of drug-likeness (QED) is 0.674. The number of rotatable bonds is 3. The van der Waals surface area contributed by atoms with E-state index in [4.69, 9.17) is 5.73 Å². The molecule has 1 aromatic rings. The summed E-state index contributed by atoms with van der Waals surface area (Å²) >= 11 is 1.50. The first-order chi connectivity index (χ1) is 4.83. The van der Waals surface area contributed by atoms with Crippen LogP contribution < -0.4 is 5.73 Å². The van der Waals surface area contributed by atoms with Gasteiger partial charge in [0.1, 0.15) is 0 Å². The minimum absolute atomic E-state index is 0.501. The molecule has 1 radical (unpaired) electrons. The maximum atomic E-state index is 9.96.